The molecule has 0 spiro atoms. The Labute approximate surface area is 276 Å². The van der Waals surface area contributed by atoms with Crippen molar-refractivity contribution in [2.24, 2.45) is 5.92 Å². The van der Waals surface area contributed by atoms with Gasteiger partial charge >= 0.3 is 6.03 Å². The molecule has 1 atom stereocenters. The van der Waals surface area contributed by atoms with Crippen molar-refractivity contribution in [2.75, 3.05) is 23.7 Å². The largest absolute Gasteiger partial charge is 0.461 e. The van der Waals surface area contributed by atoms with Gasteiger partial charge in [-0.05, 0) is 81.6 Å². The Morgan fingerprint density at radius 3 is 2.23 bits per heavy atom. The lowest BCUT2D eigenvalue weighted by molar-refractivity contribution is 0.0914. The fourth-order valence-corrected chi connectivity index (χ4v) is 6.23. The van der Waals surface area contributed by atoms with E-state index in [0.717, 1.165) is 54.0 Å². The van der Waals surface area contributed by atoms with Crippen molar-refractivity contribution < 1.29 is 14.0 Å². The van der Waals surface area contributed by atoms with Gasteiger partial charge in [0.1, 0.15) is 17.3 Å². The minimum absolute atomic E-state index is 0.0674. The Kier molecular flexibility index (Phi) is 9.14. The lowest BCUT2D eigenvalue weighted by atomic mass is 9.76. The molecule has 0 saturated carbocycles. The summed E-state index contributed by atoms with van der Waals surface area (Å²) in [6.45, 7) is 11.9. The normalized spacial score (nSPS) is 14.5. The summed E-state index contributed by atoms with van der Waals surface area (Å²) in [5, 5.41) is 14.2. The van der Waals surface area contributed by atoms with Crippen molar-refractivity contribution >= 4 is 23.3 Å². The highest BCUT2D eigenvalue weighted by molar-refractivity contribution is 6.03. The number of piperidine rings is 1. The van der Waals surface area contributed by atoms with E-state index in [1.807, 2.05) is 105 Å². The van der Waals surface area contributed by atoms with Crippen LogP contribution < -0.4 is 16.0 Å². The summed E-state index contributed by atoms with van der Waals surface area (Å²) >= 11 is 0. The number of benzene rings is 3. The second-order valence-corrected chi connectivity index (χ2v) is 13.5. The molecule has 8 heteroatoms. The minimum atomic E-state index is -0.375. The van der Waals surface area contributed by atoms with Crippen LogP contribution >= 0.6 is 0 Å². The summed E-state index contributed by atoms with van der Waals surface area (Å²) < 4.78 is 7.84. The molecule has 0 radical (unpaired) electrons. The van der Waals surface area contributed by atoms with E-state index < -0.39 is 0 Å². The second-order valence-electron chi connectivity index (χ2n) is 13.5. The van der Waals surface area contributed by atoms with Crippen molar-refractivity contribution in [3.63, 3.8) is 0 Å². The molecule has 3 heterocycles. The van der Waals surface area contributed by atoms with Crippen molar-refractivity contribution in [2.45, 2.75) is 58.8 Å². The zero-order valence-electron chi connectivity index (χ0n) is 27.8. The summed E-state index contributed by atoms with van der Waals surface area (Å²) in [7, 11) is 0. The second kappa shape index (κ2) is 13.4. The molecular formula is C39H43N5O3. The molecule has 1 saturated heterocycles. The number of rotatable bonds is 8. The Morgan fingerprint density at radius 1 is 0.894 bits per heavy atom. The third-order valence-electron chi connectivity index (χ3n) is 8.90. The number of furan rings is 1. The highest BCUT2D eigenvalue weighted by atomic mass is 16.3. The number of urea groups is 1. The van der Waals surface area contributed by atoms with Crippen LogP contribution in [0.2, 0.25) is 0 Å². The maximum atomic E-state index is 14.2. The van der Waals surface area contributed by atoms with Gasteiger partial charge in [0.25, 0.3) is 0 Å². The highest BCUT2D eigenvalue weighted by Gasteiger charge is 2.33. The SMILES string of the molecule is Cc1ccc(-n2nc(C(C)(C)C)cc2NC(=O)Nc2ccc(C(C(=O)c3cc(-c4ccccc4)oc3C)C3CCNCC3)cc2)cc1. The molecule has 2 amide bonds. The fourth-order valence-electron chi connectivity index (χ4n) is 6.23. The van der Waals surface area contributed by atoms with E-state index in [-0.39, 0.29) is 29.1 Å². The number of hydrogen-bond donors (Lipinski definition) is 3. The Balaban J connectivity index is 1.22. The first-order valence-electron chi connectivity index (χ1n) is 16.3. The summed E-state index contributed by atoms with van der Waals surface area (Å²) in [5.74, 6) is 1.84. The molecule has 2 aromatic heterocycles. The number of aromatic nitrogens is 2. The third-order valence-corrected chi connectivity index (χ3v) is 8.90. The molecule has 47 heavy (non-hydrogen) atoms. The van der Waals surface area contributed by atoms with Crippen LogP contribution in [-0.2, 0) is 5.41 Å². The predicted molar refractivity (Wildman–Crippen MR) is 188 cm³/mol. The van der Waals surface area contributed by atoms with Crippen LogP contribution in [0.15, 0.2) is 95.4 Å². The zero-order valence-corrected chi connectivity index (χ0v) is 27.8. The zero-order chi connectivity index (χ0) is 33.1. The Morgan fingerprint density at radius 2 is 1.57 bits per heavy atom. The number of nitrogens with one attached hydrogen (secondary N) is 3. The quantitative estimate of drug-likeness (QED) is 0.149. The average Bonchev–Trinajstić information content (AvgIpc) is 3.67. The summed E-state index contributed by atoms with van der Waals surface area (Å²) in [6, 6.07) is 29.0. The van der Waals surface area contributed by atoms with Crippen LogP contribution in [0.25, 0.3) is 17.0 Å². The van der Waals surface area contributed by atoms with E-state index in [4.69, 9.17) is 9.52 Å². The van der Waals surface area contributed by atoms with Crippen LogP contribution in [0.3, 0.4) is 0 Å². The molecule has 6 rings (SSSR count). The van der Waals surface area contributed by atoms with Crippen molar-refractivity contribution in [1.82, 2.24) is 15.1 Å². The maximum Gasteiger partial charge on any atom is 0.324 e. The molecule has 1 aliphatic rings. The van der Waals surface area contributed by atoms with Gasteiger partial charge in [0.2, 0.25) is 0 Å². The molecule has 3 N–H and O–H groups in total. The van der Waals surface area contributed by atoms with Gasteiger partial charge in [0.05, 0.1) is 22.9 Å². The predicted octanol–water partition coefficient (Wildman–Crippen LogP) is 8.66. The molecule has 242 valence electrons. The van der Waals surface area contributed by atoms with Gasteiger partial charge < -0.3 is 15.1 Å². The third kappa shape index (κ3) is 7.23. The molecule has 8 nitrogen and oxygen atoms in total. The van der Waals surface area contributed by atoms with E-state index in [2.05, 4.69) is 36.7 Å². The Bertz CT molecular complexity index is 1840. The molecule has 1 unspecified atom stereocenters. The van der Waals surface area contributed by atoms with E-state index in [1.165, 1.54) is 0 Å². The van der Waals surface area contributed by atoms with E-state index >= 15 is 0 Å². The van der Waals surface area contributed by atoms with Crippen LogP contribution in [0.5, 0.6) is 0 Å². The fraction of sp³-hybridized carbons (Fsp3) is 0.308. The van der Waals surface area contributed by atoms with Gasteiger partial charge in [-0.1, -0.05) is 80.9 Å². The molecule has 1 aliphatic heterocycles. The molecule has 1 fully saturated rings. The number of anilines is 2. The van der Waals surface area contributed by atoms with E-state index in [0.29, 0.717) is 28.6 Å². The van der Waals surface area contributed by atoms with Crippen LogP contribution in [0.4, 0.5) is 16.3 Å². The molecular weight excluding hydrogens is 586 g/mol. The number of Topliss-reactive ketones (excluding diaryl/α,β-unsaturated/α-hetero) is 1. The topological polar surface area (TPSA) is 101 Å². The van der Waals surface area contributed by atoms with Crippen LogP contribution in [0.1, 0.15) is 72.5 Å². The summed E-state index contributed by atoms with van der Waals surface area (Å²) in [6.07, 6.45) is 1.82. The first-order chi connectivity index (χ1) is 22.6. The number of hydrogen-bond acceptors (Lipinski definition) is 5. The summed E-state index contributed by atoms with van der Waals surface area (Å²) in [4.78, 5) is 27.5. The number of aryl methyl sites for hydroxylation is 2. The monoisotopic (exact) mass is 629 g/mol. The number of carbonyl (C=O) groups excluding carboxylic acids is 2. The lowest BCUT2D eigenvalue weighted by Crippen LogP contribution is -2.33. The van der Waals surface area contributed by atoms with Crippen LogP contribution in [-0.4, -0.2) is 34.7 Å². The smallest absolute Gasteiger partial charge is 0.324 e. The van der Waals surface area contributed by atoms with Gasteiger partial charge in [-0.25, -0.2) is 9.48 Å². The average molecular weight is 630 g/mol. The first-order valence-corrected chi connectivity index (χ1v) is 16.3. The minimum Gasteiger partial charge on any atom is -0.461 e. The lowest BCUT2D eigenvalue weighted by Gasteiger charge is -2.30. The van der Waals surface area contributed by atoms with Gasteiger partial charge in [0, 0.05) is 22.7 Å². The molecule has 3 aromatic carbocycles. The number of nitrogens with zero attached hydrogens (tertiary/aromatic N) is 2. The first kappa shape index (κ1) is 32.0. The number of ketones is 1. The molecule has 5 aromatic rings. The molecule has 0 bridgehead atoms. The number of carbonyl (C=O) groups is 2. The van der Waals surface area contributed by atoms with E-state index in [9.17, 15) is 9.59 Å². The van der Waals surface area contributed by atoms with Gasteiger partial charge in [-0.15, -0.1) is 0 Å². The summed E-state index contributed by atoms with van der Waals surface area (Å²) in [5.41, 5.74) is 5.81. The maximum absolute atomic E-state index is 14.2. The van der Waals surface area contributed by atoms with Crippen molar-refractivity contribution in [3.05, 3.63) is 119 Å². The van der Waals surface area contributed by atoms with Crippen molar-refractivity contribution in [3.8, 4) is 17.0 Å². The standard InChI is InChI=1S/C39H43N5O3/c1-25-11-17-31(18-12-25)44-35(24-34(43-44)39(3,4)5)42-38(46)41-30-15-13-28(14-16-30)36(29-19-21-40-22-20-29)37(45)32-23-33(47-26(32)2)27-9-7-6-8-10-27/h6-18,23-24,29,36,40H,19-22H2,1-5H3,(H2,41,42,46). The van der Waals surface area contributed by atoms with Crippen molar-refractivity contribution in [1.29, 1.82) is 0 Å². The van der Waals surface area contributed by atoms with E-state index in [1.54, 1.807) is 4.68 Å². The van der Waals surface area contributed by atoms with Crippen LogP contribution in [0, 0.1) is 19.8 Å². The number of amides is 2. The van der Waals surface area contributed by atoms with Gasteiger partial charge in [-0.3, -0.25) is 10.1 Å². The Hall–Kier alpha value is -4.95. The molecule has 0 aliphatic carbocycles. The van der Waals surface area contributed by atoms with Gasteiger partial charge in [0.15, 0.2) is 5.78 Å². The highest BCUT2D eigenvalue weighted by Crippen LogP contribution is 2.37. The van der Waals surface area contributed by atoms with Gasteiger partial charge in [-0.2, -0.15) is 5.10 Å².